The van der Waals surface area contributed by atoms with Crippen LogP contribution in [0.1, 0.15) is 43.7 Å². The highest BCUT2D eigenvalue weighted by Gasteiger charge is 2.26. The number of piperidine rings is 1. The molecule has 4 heteroatoms. The van der Waals surface area contributed by atoms with Crippen LogP contribution in [-0.2, 0) is 17.6 Å². The Kier molecular flexibility index (Phi) is 4.79. The van der Waals surface area contributed by atoms with Crippen molar-refractivity contribution in [3.05, 3.63) is 29.3 Å². The van der Waals surface area contributed by atoms with Crippen molar-refractivity contribution < 1.29 is 4.79 Å². The van der Waals surface area contributed by atoms with Crippen molar-refractivity contribution in [1.82, 2.24) is 4.90 Å². The number of rotatable bonds is 4. The van der Waals surface area contributed by atoms with Crippen LogP contribution in [0.4, 0.5) is 5.69 Å². The average molecular weight is 301 g/mol. The van der Waals surface area contributed by atoms with Crippen molar-refractivity contribution in [3.8, 4) is 0 Å². The summed E-state index contributed by atoms with van der Waals surface area (Å²) in [6.45, 7) is 3.47. The molecule has 120 valence electrons. The van der Waals surface area contributed by atoms with Gasteiger partial charge in [-0.05, 0) is 68.8 Å². The molecular weight excluding hydrogens is 274 g/mol. The molecule has 2 atom stereocenters. The minimum atomic E-state index is 0.0745. The number of hydrogen-bond donors (Lipinski definition) is 2. The minimum absolute atomic E-state index is 0.0745. The molecule has 1 aromatic carbocycles. The van der Waals surface area contributed by atoms with Crippen LogP contribution in [0.3, 0.4) is 0 Å². The van der Waals surface area contributed by atoms with Crippen LogP contribution < -0.4 is 11.1 Å². The molecule has 1 aliphatic carbocycles. The van der Waals surface area contributed by atoms with E-state index in [1.165, 1.54) is 30.4 Å². The van der Waals surface area contributed by atoms with Crippen LogP contribution >= 0.6 is 0 Å². The van der Waals surface area contributed by atoms with E-state index in [1.807, 2.05) is 13.0 Å². The third-order valence-corrected chi connectivity index (χ3v) is 5.00. The smallest absolute Gasteiger partial charge is 0.238 e. The molecule has 2 aliphatic rings. The van der Waals surface area contributed by atoms with E-state index >= 15 is 0 Å². The van der Waals surface area contributed by atoms with Crippen LogP contribution in [0.2, 0.25) is 0 Å². The molecular formula is C18H27N3O. The van der Waals surface area contributed by atoms with Crippen molar-refractivity contribution in [1.29, 1.82) is 0 Å². The van der Waals surface area contributed by atoms with Crippen LogP contribution in [0, 0.1) is 0 Å². The first kappa shape index (κ1) is 15.5. The van der Waals surface area contributed by atoms with Gasteiger partial charge >= 0.3 is 0 Å². The summed E-state index contributed by atoms with van der Waals surface area (Å²) in [5.41, 5.74) is 9.83. The van der Waals surface area contributed by atoms with E-state index in [0.29, 0.717) is 12.6 Å². The van der Waals surface area contributed by atoms with Gasteiger partial charge in [0.2, 0.25) is 5.91 Å². The lowest BCUT2D eigenvalue weighted by atomic mass is 9.97. The summed E-state index contributed by atoms with van der Waals surface area (Å²) in [7, 11) is 0. The third-order valence-electron chi connectivity index (χ3n) is 5.00. The number of nitrogens with two attached hydrogens (primary N) is 1. The molecule has 1 saturated heterocycles. The molecule has 0 aromatic heterocycles. The Balaban J connectivity index is 1.59. The maximum atomic E-state index is 12.4. The van der Waals surface area contributed by atoms with Gasteiger partial charge in [-0.1, -0.05) is 12.5 Å². The summed E-state index contributed by atoms with van der Waals surface area (Å²) in [5.74, 6) is 0.0745. The average Bonchev–Trinajstić information content (AvgIpc) is 2.95. The highest BCUT2D eigenvalue weighted by molar-refractivity contribution is 5.92. The molecule has 1 aliphatic heterocycles. The minimum Gasteiger partial charge on any atom is -0.327 e. The molecule has 1 aromatic rings. The van der Waals surface area contributed by atoms with Gasteiger partial charge in [0.15, 0.2) is 0 Å². The first-order valence-corrected chi connectivity index (χ1v) is 8.55. The fourth-order valence-electron chi connectivity index (χ4n) is 3.84. The lowest BCUT2D eigenvalue weighted by Crippen LogP contribution is -2.51. The van der Waals surface area contributed by atoms with Crippen molar-refractivity contribution >= 4 is 11.6 Å². The maximum absolute atomic E-state index is 12.4. The number of anilines is 1. The Bertz CT molecular complexity index is 541. The second kappa shape index (κ2) is 6.80. The lowest BCUT2D eigenvalue weighted by molar-refractivity contribution is -0.118. The highest BCUT2D eigenvalue weighted by Crippen LogP contribution is 2.25. The van der Waals surface area contributed by atoms with E-state index in [2.05, 4.69) is 22.3 Å². The zero-order chi connectivity index (χ0) is 15.5. The number of carbonyl (C=O) groups excluding carboxylic acids is 1. The van der Waals surface area contributed by atoms with Crippen LogP contribution in [0.5, 0.6) is 0 Å². The Labute approximate surface area is 133 Å². The van der Waals surface area contributed by atoms with E-state index in [9.17, 15) is 4.79 Å². The van der Waals surface area contributed by atoms with E-state index in [4.69, 9.17) is 5.73 Å². The molecule has 3 N–H and O–H groups in total. The molecule has 0 bridgehead atoms. The summed E-state index contributed by atoms with van der Waals surface area (Å²) in [5, 5.41) is 3.06. The van der Waals surface area contributed by atoms with Crippen molar-refractivity contribution in [2.45, 2.75) is 57.5 Å². The predicted molar refractivity (Wildman–Crippen MR) is 90.0 cm³/mol. The fraction of sp³-hybridized carbons (Fsp3) is 0.611. The van der Waals surface area contributed by atoms with E-state index in [1.54, 1.807) is 0 Å². The zero-order valence-corrected chi connectivity index (χ0v) is 13.5. The molecule has 1 amide bonds. The van der Waals surface area contributed by atoms with Gasteiger partial charge in [-0.3, -0.25) is 9.69 Å². The molecule has 0 spiro atoms. The van der Waals surface area contributed by atoms with Gasteiger partial charge in [0.1, 0.15) is 0 Å². The van der Waals surface area contributed by atoms with E-state index in [-0.39, 0.29) is 11.9 Å². The number of likely N-dealkylation sites (tertiary alicyclic amines) is 1. The Morgan fingerprint density at radius 3 is 2.95 bits per heavy atom. The highest BCUT2D eigenvalue weighted by atomic mass is 16.2. The summed E-state index contributed by atoms with van der Waals surface area (Å²) in [4.78, 5) is 14.6. The number of amides is 1. The topological polar surface area (TPSA) is 58.4 Å². The Morgan fingerprint density at radius 2 is 2.14 bits per heavy atom. The van der Waals surface area contributed by atoms with Crippen molar-refractivity contribution in [2.75, 3.05) is 18.4 Å². The summed E-state index contributed by atoms with van der Waals surface area (Å²) in [6.07, 6.45) is 7.02. The van der Waals surface area contributed by atoms with Crippen LogP contribution in [0.25, 0.3) is 0 Å². The standard InChI is InChI=1S/C18H27N3O/c1-13(19)17-7-2-3-10-21(17)12-18(22)20-16-9-8-14-5-4-6-15(14)11-16/h8-9,11,13,17H,2-7,10,12,19H2,1H3,(H,20,22). The van der Waals surface area contributed by atoms with Gasteiger partial charge in [0, 0.05) is 17.8 Å². The van der Waals surface area contributed by atoms with E-state index < -0.39 is 0 Å². The normalized spacial score (nSPS) is 23.1. The number of nitrogens with zero attached hydrogens (tertiary/aromatic N) is 1. The van der Waals surface area contributed by atoms with Crippen molar-refractivity contribution in [2.24, 2.45) is 5.73 Å². The summed E-state index contributed by atoms with van der Waals surface area (Å²) >= 11 is 0. The monoisotopic (exact) mass is 301 g/mol. The first-order valence-electron chi connectivity index (χ1n) is 8.55. The molecule has 2 unspecified atom stereocenters. The number of fused-ring (bicyclic) bond motifs is 1. The van der Waals surface area contributed by atoms with Crippen molar-refractivity contribution in [3.63, 3.8) is 0 Å². The molecule has 3 rings (SSSR count). The van der Waals surface area contributed by atoms with Gasteiger partial charge in [0.05, 0.1) is 6.54 Å². The second-order valence-electron chi connectivity index (χ2n) is 6.78. The molecule has 22 heavy (non-hydrogen) atoms. The number of benzene rings is 1. The number of aryl methyl sites for hydroxylation is 2. The summed E-state index contributed by atoms with van der Waals surface area (Å²) in [6, 6.07) is 6.78. The number of nitrogens with one attached hydrogen (secondary N) is 1. The van der Waals surface area contributed by atoms with Gasteiger partial charge < -0.3 is 11.1 Å². The summed E-state index contributed by atoms with van der Waals surface area (Å²) < 4.78 is 0. The van der Waals surface area contributed by atoms with Crippen LogP contribution in [0.15, 0.2) is 18.2 Å². The zero-order valence-electron chi connectivity index (χ0n) is 13.5. The maximum Gasteiger partial charge on any atom is 0.238 e. The largest absolute Gasteiger partial charge is 0.327 e. The fourth-order valence-corrected chi connectivity index (χ4v) is 3.84. The van der Waals surface area contributed by atoms with Gasteiger partial charge in [-0.15, -0.1) is 0 Å². The number of carbonyl (C=O) groups is 1. The predicted octanol–water partition coefficient (Wildman–Crippen LogP) is 2.32. The van der Waals surface area contributed by atoms with Crippen LogP contribution in [-0.4, -0.2) is 36.0 Å². The first-order chi connectivity index (χ1) is 10.6. The van der Waals surface area contributed by atoms with E-state index in [0.717, 1.165) is 31.5 Å². The molecule has 1 heterocycles. The van der Waals surface area contributed by atoms with Gasteiger partial charge in [0.25, 0.3) is 0 Å². The molecule has 4 nitrogen and oxygen atoms in total. The molecule has 1 fully saturated rings. The quantitative estimate of drug-likeness (QED) is 0.897. The van der Waals surface area contributed by atoms with Gasteiger partial charge in [-0.25, -0.2) is 0 Å². The Hall–Kier alpha value is -1.39. The number of hydrogen-bond acceptors (Lipinski definition) is 3. The second-order valence-corrected chi connectivity index (χ2v) is 6.78. The van der Waals surface area contributed by atoms with Gasteiger partial charge in [-0.2, -0.15) is 0 Å². The third kappa shape index (κ3) is 3.50. The molecule has 0 saturated carbocycles. The SMILES string of the molecule is CC(N)C1CCCCN1CC(=O)Nc1ccc2c(c1)CCC2. The lowest BCUT2D eigenvalue weighted by Gasteiger charge is -2.37. The Morgan fingerprint density at radius 1 is 1.32 bits per heavy atom. The molecule has 0 radical (unpaired) electrons.